The lowest BCUT2D eigenvalue weighted by atomic mass is 10.1. The smallest absolute Gasteiger partial charge is 0.231 e. The van der Waals surface area contributed by atoms with Crippen LogP contribution in [0.25, 0.3) is 6.08 Å². The van der Waals surface area contributed by atoms with Crippen LogP contribution in [0.4, 0.5) is 5.69 Å². The zero-order chi connectivity index (χ0) is 24.2. The molecule has 0 radical (unpaired) electrons. The number of ether oxygens (including phenoxy) is 5. The molecule has 34 heavy (non-hydrogen) atoms. The Kier molecular flexibility index (Phi) is 6.58. The third kappa shape index (κ3) is 4.61. The van der Waals surface area contributed by atoms with E-state index in [2.05, 4.69) is 0 Å². The molecule has 1 aliphatic rings. The van der Waals surface area contributed by atoms with Crippen LogP contribution >= 0.6 is 0 Å². The van der Waals surface area contributed by atoms with Crippen molar-refractivity contribution >= 4 is 17.5 Å². The number of rotatable bonds is 8. The molecule has 0 saturated heterocycles. The third-order valence-corrected chi connectivity index (χ3v) is 5.23. The quantitative estimate of drug-likeness (QED) is 0.378. The zero-order valence-electron chi connectivity index (χ0n) is 18.7. The van der Waals surface area contributed by atoms with E-state index in [-0.39, 0.29) is 29.1 Å². The normalized spacial score (nSPS) is 13.3. The number of nitrogens with zero attached hydrogens (tertiary/aromatic N) is 1. The Bertz CT molecular complexity index is 1230. The van der Waals surface area contributed by atoms with Crippen molar-refractivity contribution < 1.29 is 33.7 Å². The van der Waals surface area contributed by atoms with Crippen molar-refractivity contribution in [1.82, 2.24) is 0 Å². The van der Waals surface area contributed by atoms with E-state index in [1.807, 2.05) is 0 Å². The summed E-state index contributed by atoms with van der Waals surface area (Å²) in [5.74, 6) is 2.25. The summed E-state index contributed by atoms with van der Waals surface area (Å²) in [6, 6.07) is 14.6. The van der Waals surface area contributed by atoms with Gasteiger partial charge < -0.3 is 34.1 Å². The fourth-order valence-corrected chi connectivity index (χ4v) is 3.45. The van der Waals surface area contributed by atoms with Gasteiger partial charge in [0.1, 0.15) is 23.9 Å². The van der Waals surface area contributed by atoms with Crippen molar-refractivity contribution in [2.75, 3.05) is 26.6 Å². The number of carbonyl (C=O) groups excluding carboxylic acids is 1. The fraction of sp³-hybridized carbons (Fsp3) is 0.160. The topological polar surface area (TPSA) is 110 Å². The summed E-state index contributed by atoms with van der Waals surface area (Å²) in [6.07, 6.45) is 1.59. The van der Waals surface area contributed by atoms with Crippen LogP contribution in [0.5, 0.6) is 28.7 Å². The molecule has 3 aromatic rings. The maximum atomic E-state index is 12.9. The van der Waals surface area contributed by atoms with E-state index in [1.54, 1.807) is 48.5 Å². The number of anilines is 1. The Morgan fingerprint density at radius 1 is 0.941 bits per heavy atom. The van der Waals surface area contributed by atoms with Crippen molar-refractivity contribution in [3.63, 3.8) is 0 Å². The van der Waals surface area contributed by atoms with Crippen molar-refractivity contribution in [3.05, 3.63) is 82.3 Å². The van der Waals surface area contributed by atoms with Crippen molar-refractivity contribution in [2.45, 2.75) is 6.61 Å². The van der Waals surface area contributed by atoms with Gasteiger partial charge in [0.15, 0.2) is 17.3 Å². The number of methoxy groups -OCH3 is 3. The molecule has 4 rings (SSSR count). The number of benzene rings is 3. The van der Waals surface area contributed by atoms with Crippen LogP contribution in [-0.2, 0) is 6.61 Å². The number of hydrogen-bond acceptors (Lipinski definition) is 9. The van der Waals surface area contributed by atoms with Crippen LogP contribution in [-0.4, -0.2) is 32.3 Å². The number of hydrogen-bond donors (Lipinski definition) is 1. The van der Waals surface area contributed by atoms with E-state index >= 15 is 0 Å². The summed E-state index contributed by atoms with van der Waals surface area (Å²) in [7, 11) is 4.57. The second-order valence-electron chi connectivity index (χ2n) is 7.27. The molecule has 176 valence electrons. The predicted molar refractivity (Wildman–Crippen MR) is 124 cm³/mol. The summed E-state index contributed by atoms with van der Waals surface area (Å²) in [4.78, 5) is 12.9. The minimum atomic E-state index is -0.264. The molecule has 0 unspecified atom stereocenters. The third-order valence-electron chi connectivity index (χ3n) is 5.23. The van der Waals surface area contributed by atoms with Crippen molar-refractivity contribution in [3.8, 4) is 28.7 Å². The highest BCUT2D eigenvalue weighted by Crippen LogP contribution is 2.39. The Balaban J connectivity index is 1.53. The molecule has 9 heteroatoms. The fourth-order valence-electron chi connectivity index (χ4n) is 3.45. The average molecular weight is 464 g/mol. The maximum absolute atomic E-state index is 12.9. The Hall–Kier alpha value is -4.21. The number of carbonyl (C=O) groups is 1. The van der Waals surface area contributed by atoms with Gasteiger partial charge in [0, 0.05) is 17.7 Å². The number of ketones is 1. The van der Waals surface area contributed by atoms with Gasteiger partial charge in [0.05, 0.1) is 32.6 Å². The first-order chi connectivity index (χ1) is 16.4. The summed E-state index contributed by atoms with van der Waals surface area (Å²) in [5, 5.41) is 19.6. The second-order valence-corrected chi connectivity index (χ2v) is 7.27. The molecule has 1 aliphatic heterocycles. The molecule has 0 fully saturated rings. The van der Waals surface area contributed by atoms with Gasteiger partial charge in [-0.25, -0.2) is 0 Å². The summed E-state index contributed by atoms with van der Waals surface area (Å²) < 4.78 is 27.7. The van der Waals surface area contributed by atoms with Gasteiger partial charge in [0.25, 0.3) is 0 Å². The van der Waals surface area contributed by atoms with Crippen molar-refractivity contribution in [2.24, 2.45) is 0 Å². The first-order valence-corrected chi connectivity index (χ1v) is 10.2. The second kappa shape index (κ2) is 9.74. The minimum absolute atomic E-state index is 0.124. The SMILES string of the molecule is COc1cc(OC)c(OC)cc1C=C1Oc2cc(OCc3ccc(N([O-])O)cc3)ccc2C1=O. The number of fused-ring (bicyclic) bond motifs is 1. The molecule has 3 aromatic carbocycles. The van der Waals surface area contributed by atoms with Crippen LogP contribution in [0, 0.1) is 5.21 Å². The Labute approximate surface area is 195 Å². The van der Waals surface area contributed by atoms with E-state index < -0.39 is 0 Å². The first kappa shape index (κ1) is 23.0. The van der Waals surface area contributed by atoms with Gasteiger partial charge in [-0.15, -0.1) is 0 Å². The molecule has 0 saturated carbocycles. The van der Waals surface area contributed by atoms with Crippen LogP contribution in [0.1, 0.15) is 21.5 Å². The molecule has 0 spiro atoms. The maximum Gasteiger partial charge on any atom is 0.231 e. The van der Waals surface area contributed by atoms with E-state index in [9.17, 15) is 10.0 Å². The molecule has 1 N–H and O–H groups in total. The van der Waals surface area contributed by atoms with Gasteiger partial charge in [0.2, 0.25) is 5.78 Å². The van der Waals surface area contributed by atoms with Crippen LogP contribution < -0.4 is 28.9 Å². The first-order valence-electron chi connectivity index (χ1n) is 10.2. The molecule has 0 bridgehead atoms. The van der Waals surface area contributed by atoms with Crippen LogP contribution in [0.15, 0.2) is 60.4 Å². The van der Waals surface area contributed by atoms with E-state index in [1.165, 1.54) is 33.5 Å². The predicted octanol–water partition coefficient (Wildman–Crippen LogP) is 4.60. The molecule has 0 aliphatic carbocycles. The van der Waals surface area contributed by atoms with Crippen molar-refractivity contribution in [1.29, 1.82) is 0 Å². The largest absolute Gasteiger partial charge is 0.733 e. The minimum Gasteiger partial charge on any atom is -0.733 e. The summed E-state index contributed by atoms with van der Waals surface area (Å²) >= 11 is 0. The van der Waals surface area contributed by atoms with Crippen LogP contribution in [0.2, 0.25) is 0 Å². The molecule has 9 nitrogen and oxygen atoms in total. The van der Waals surface area contributed by atoms with Gasteiger partial charge in [-0.05, 0) is 42.0 Å². The zero-order valence-corrected chi connectivity index (χ0v) is 18.7. The van der Waals surface area contributed by atoms with E-state index in [0.29, 0.717) is 39.9 Å². The van der Waals surface area contributed by atoms with E-state index in [4.69, 9.17) is 28.9 Å². The molecule has 0 atom stereocenters. The van der Waals surface area contributed by atoms with Gasteiger partial charge in [-0.1, -0.05) is 12.1 Å². The van der Waals surface area contributed by atoms with Gasteiger partial charge in [-0.2, -0.15) is 0 Å². The number of allylic oxidation sites excluding steroid dienone is 1. The lowest BCUT2D eigenvalue weighted by molar-refractivity contribution is 0.101. The molecule has 0 aromatic heterocycles. The highest BCUT2D eigenvalue weighted by molar-refractivity contribution is 6.14. The average Bonchev–Trinajstić information content (AvgIpc) is 3.16. The molecule has 0 amide bonds. The number of Topliss-reactive ketones (excluding diaryl/α,β-unsaturated/α-hetero) is 1. The van der Waals surface area contributed by atoms with Crippen LogP contribution in [0.3, 0.4) is 0 Å². The molecular weight excluding hydrogens is 442 g/mol. The molecular formula is C25H22NO8-. The summed E-state index contributed by atoms with van der Waals surface area (Å²) in [5.41, 5.74) is 1.93. The Morgan fingerprint density at radius 2 is 1.62 bits per heavy atom. The lowest BCUT2D eigenvalue weighted by Gasteiger charge is -2.21. The lowest BCUT2D eigenvalue weighted by Crippen LogP contribution is -2.06. The Morgan fingerprint density at radius 3 is 2.26 bits per heavy atom. The molecule has 1 heterocycles. The standard InChI is InChI=1S/C25H22NO8/c1-30-20-13-23(32-3)22(31-2)10-16(20)11-24-25(27)19-9-8-18(12-21(19)34-24)33-14-15-4-6-17(7-5-15)26(28)29/h4-13,28H,14H2,1-3H3/q-1. The highest BCUT2D eigenvalue weighted by Gasteiger charge is 2.28. The van der Waals surface area contributed by atoms with E-state index in [0.717, 1.165) is 5.56 Å². The van der Waals surface area contributed by atoms with Gasteiger partial charge >= 0.3 is 0 Å². The summed E-state index contributed by atoms with van der Waals surface area (Å²) in [6.45, 7) is 0.225. The monoisotopic (exact) mass is 464 g/mol. The van der Waals surface area contributed by atoms with Gasteiger partial charge in [-0.3, -0.25) is 10.0 Å². The highest BCUT2D eigenvalue weighted by atomic mass is 16.8.